The van der Waals surface area contributed by atoms with Crippen LogP contribution in [0.15, 0.2) is 129 Å². The number of aliphatic hydroxyl groups is 2. The lowest BCUT2D eigenvalue weighted by Gasteiger charge is -2.39. The molecular weight excluding hydrogens is 755 g/mol. The van der Waals surface area contributed by atoms with Crippen LogP contribution in [0.25, 0.3) is 0 Å². The number of carbonyl (C=O) groups is 2. The van der Waals surface area contributed by atoms with E-state index in [4.69, 9.17) is 52.5 Å². The standard InChI is InChI=1S/C18H23ClO3Si.C12H9ClO3.C11H9ClO2/c1-18(2,3)23(4,5)22-17(13-7-6-8-15(19)9-13)14-10-16(11-20)21-12-14;13-10-3-1-2-8(4-10)12(15)9-5-11(6-14)16-7-9;12-10-3-1-2-8(6-10)11(13)9-4-5-14-7-9/h6-12,17H,1-5H3;1-7,12,15H;1-7,11,13H. The molecule has 3 atom stereocenters. The summed E-state index contributed by atoms with van der Waals surface area (Å²) in [5.74, 6) is 0.488. The van der Waals surface area contributed by atoms with Gasteiger partial charge in [-0.05, 0) is 89.4 Å². The van der Waals surface area contributed by atoms with Crippen molar-refractivity contribution in [2.75, 3.05) is 0 Å². The largest absolute Gasteiger partial charge is 0.472 e. The van der Waals surface area contributed by atoms with Gasteiger partial charge in [-0.1, -0.05) is 92.0 Å². The molecule has 0 saturated heterocycles. The van der Waals surface area contributed by atoms with E-state index in [1.165, 1.54) is 24.9 Å². The summed E-state index contributed by atoms with van der Waals surface area (Å²) in [4.78, 5) is 21.4. The summed E-state index contributed by atoms with van der Waals surface area (Å²) in [6, 6.07) is 26.6. The Bertz CT molecular complexity index is 2060. The molecule has 3 heterocycles. The quantitative estimate of drug-likeness (QED) is 0.104. The van der Waals surface area contributed by atoms with Crippen LogP contribution in [0.5, 0.6) is 0 Å². The highest BCUT2D eigenvalue weighted by Crippen LogP contribution is 2.42. The molecule has 3 unspecified atom stereocenters. The lowest BCUT2D eigenvalue weighted by atomic mass is 10.0. The third-order valence-electron chi connectivity index (χ3n) is 8.69. The fraction of sp³-hybridized carbons (Fsp3) is 0.220. The number of aliphatic hydroxyl groups excluding tert-OH is 2. The van der Waals surface area contributed by atoms with Crippen molar-refractivity contribution in [3.05, 3.63) is 176 Å². The first-order valence-corrected chi connectivity index (χ1v) is 20.6. The highest BCUT2D eigenvalue weighted by molar-refractivity contribution is 6.74. The summed E-state index contributed by atoms with van der Waals surface area (Å²) in [6.45, 7) is 11.0. The Labute approximate surface area is 325 Å². The van der Waals surface area contributed by atoms with Crippen LogP contribution < -0.4 is 0 Å². The molecule has 0 spiro atoms. The van der Waals surface area contributed by atoms with E-state index < -0.39 is 20.5 Å². The number of aldehydes is 2. The van der Waals surface area contributed by atoms with Gasteiger partial charge in [-0.25, -0.2) is 0 Å². The molecule has 0 aliphatic rings. The zero-order valence-corrected chi connectivity index (χ0v) is 33.1. The molecule has 0 fully saturated rings. The zero-order valence-electron chi connectivity index (χ0n) is 29.8. The number of furan rings is 3. The second-order valence-electron chi connectivity index (χ2n) is 13.6. The van der Waals surface area contributed by atoms with Gasteiger partial charge in [0.1, 0.15) is 12.2 Å². The van der Waals surface area contributed by atoms with Crippen LogP contribution in [0.1, 0.15) is 93.6 Å². The normalized spacial score (nSPS) is 13.1. The maximum Gasteiger partial charge on any atom is 0.193 e. The van der Waals surface area contributed by atoms with Gasteiger partial charge in [-0.3, -0.25) is 9.59 Å². The van der Waals surface area contributed by atoms with E-state index in [2.05, 4.69) is 33.9 Å². The number of hydrogen-bond donors (Lipinski definition) is 2. The molecule has 53 heavy (non-hydrogen) atoms. The summed E-state index contributed by atoms with van der Waals surface area (Å²) in [6.07, 6.45) is 5.47. The Morgan fingerprint density at radius 1 is 0.623 bits per heavy atom. The average Bonchev–Trinajstić information content (AvgIpc) is 3.93. The smallest absolute Gasteiger partial charge is 0.193 e. The fourth-order valence-electron chi connectivity index (χ4n) is 4.78. The van der Waals surface area contributed by atoms with Crippen LogP contribution >= 0.6 is 34.8 Å². The van der Waals surface area contributed by atoms with Crippen LogP contribution in [0.4, 0.5) is 0 Å². The summed E-state index contributed by atoms with van der Waals surface area (Å²) in [7, 11) is -2.02. The molecule has 0 aliphatic heterocycles. The Kier molecular flexibility index (Phi) is 14.7. The van der Waals surface area contributed by atoms with Crippen LogP contribution in [0.2, 0.25) is 33.2 Å². The molecule has 8 nitrogen and oxygen atoms in total. The lowest BCUT2D eigenvalue weighted by Crippen LogP contribution is -2.42. The summed E-state index contributed by atoms with van der Waals surface area (Å²) in [5, 5.41) is 21.8. The molecule has 0 saturated carbocycles. The van der Waals surface area contributed by atoms with Crippen molar-refractivity contribution >= 4 is 55.7 Å². The lowest BCUT2D eigenvalue weighted by molar-refractivity contribution is 0.109. The Balaban J connectivity index is 0.000000184. The number of halogens is 3. The predicted octanol–water partition coefficient (Wildman–Crippen LogP) is 11.7. The van der Waals surface area contributed by atoms with Crippen molar-refractivity contribution in [3.63, 3.8) is 0 Å². The third kappa shape index (κ3) is 11.6. The average molecular weight is 796 g/mol. The minimum Gasteiger partial charge on any atom is -0.472 e. The van der Waals surface area contributed by atoms with Gasteiger partial charge in [0.15, 0.2) is 32.4 Å². The number of carbonyl (C=O) groups excluding carboxylic acids is 2. The molecule has 278 valence electrons. The molecule has 6 aromatic rings. The van der Waals surface area contributed by atoms with Crippen molar-refractivity contribution in [3.8, 4) is 0 Å². The molecule has 0 bridgehead atoms. The van der Waals surface area contributed by atoms with Gasteiger partial charge < -0.3 is 27.9 Å². The first-order chi connectivity index (χ1) is 25.1. The van der Waals surface area contributed by atoms with E-state index in [1.807, 2.05) is 30.3 Å². The Hall–Kier alpha value is -4.19. The van der Waals surface area contributed by atoms with E-state index in [1.54, 1.807) is 60.9 Å². The first kappa shape index (κ1) is 41.6. The molecule has 2 N–H and O–H groups in total. The van der Waals surface area contributed by atoms with Crippen molar-refractivity contribution in [2.45, 2.75) is 57.2 Å². The van der Waals surface area contributed by atoms with E-state index in [0.717, 1.165) is 22.3 Å². The first-order valence-electron chi connectivity index (χ1n) is 16.5. The maximum absolute atomic E-state index is 10.9. The summed E-state index contributed by atoms with van der Waals surface area (Å²) < 4.78 is 21.7. The van der Waals surface area contributed by atoms with E-state index in [0.29, 0.717) is 44.5 Å². The Morgan fingerprint density at radius 3 is 1.51 bits per heavy atom. The molecule has 12 heteroatoms. The number of benzene rings is 3. The second kappa shape index (κ2) is 18.7. The monoisotopic (exact) mass is 794 g/mol. The summed E-state index contributed by atoms with van der Waals surface area (Å²) >= 11 is 17.8. The predicted molar refractivity (Wildman–Crippen MR) is 210 cm³/mol. The van der Waals surface area contributed by atoms with Crippen LogP contribution in [0.3, 0.4) is 0 Å². The van der Waals surface area contributed by atoms with Gasteiger partial charge in [0.2, 0.25) is 0 Å². The van der Waals surface area contributed by atoms with E-state index in [-0.39, 0.29) is 16.9 Å². The number of rotatable bonds is 10. The van der Waals surface area contributed by atoms with Gasteiger partial charge in [0.25, 0.3) is 0 Å². The third-order valence-corrected chi connectivity index (χ3v) is 13.8. The van der Waals surface area contributed by atoms with Gasteiger partial charge in [0.05, 0.1) is 31.2 Å². The number of hydrogen-bond acceptors (Lipinski definition) is 8. The van der Waals surface area contributed by atoms with Gasteiger partial charge in [-0.15, -0.1) is 0 Å². The molecule has 3 aromatic carbocycles. The maximum atomic E-state index is 10.9. The van der Waals surface area contributed by atoms with Crippen molar-refractivity contribution in [1.29, 1.82) is 0 Å². The van der Waals surface area contributed by atoms with Crippen LogP contribution in [-0.2, 0) is 4.43 Å². The molecule has 6 rings (SSSR count). The molecule has 0 radical (unpaired) electrons. The highest BCUT2D eigenvalue weighted by atomic mass is 35.5. The molecular formula is C41H41Cl3O8Si. The molecule has 0 aliphatic carbocycles. The van der Waals surface area contributed by atoms with Crippen molar-refractivity contribution in [2.24, 2.45) is 0 Å². The summed E-state index contributed by atoms with van der Waals surface area (Å²) in [5.41, 5.74) is 4.47. The van der Waals surface area contributed by atoms with Crippen LogP contribution in [-0.4, -0.2) is 31.1 Å². The van der Waals surface area contributed by atoms with E-state index >= 15 is 0 Å². The molecule has 3 aromatic heterocycles. The van der Waals surface area contributed by atoms with Gasteiger partial charge in [-0.2, -0.15) is 0 Å². The Morgan fingerprint density at radius 2 is 1.08 bits per heavy atom. The van der Waals surface area contributed by atoms with E-state index in [9.17, 15) is 19.8 Å². The van der Waals surface area contributed by atoms with Gasteiger partial charge in [0, 0.05) is 31.8 Å². The second-order valence-corrected chi connectivity index (χ2v) is 19.7. The van der Waals surface area contributed by atoms with Gasteiger partial charge >= 0.3 is 0 Å². The minimum atomic E-state index is -2.02. The minimum absolute atomic E-state index is 0.0705. The topological polar surface area (TPSA) is 123 Å². The SMILES string of the molecule is CC(C)(C)[Si](C)(C)OC(c1cccc(Cl)c1)c1coc(C=O)c1.O=Cc1cc(C(O)c2cccc(Cl)c2)co1.OC(c1ccoc1)c1cccc(Cl)c1. The fourth-order valence-corrected chi connectivity index (χ4v) is 6.59. The highest BCUT2D eigenvalue weighted by Gasteiger charge is 2.40. The van der Waals surface area contributed by atoms with Crippen molar-refractivity contribution < 1.29 is 37.5 Å². The van der Waals surface area contributed by atoms with Crippen LogP contribution in [0, 0.1) is 0 Å². The van der Waals surface area contributed by atoms with Crippen molar-refractivity contribution in [1.82, 2.24) is 0 Å². The zero-order chi connectivity index (χ0) is 38.8. The molecule has 0 amide bonds.